The monoisotopic (exact) mass is 276 g/mol. The first-order valence-electron chi connectivity index (χ1n) is 6.95. The Bertz CT molecular complexity index is 813. The fourth-order valence-corrected chi connectivity index (χ4v) is 2.77. The van der Waals surface area contributed by atoms with Crippen LogP contribution in [0.5, 0.6) is 0 Å². The highest BCUT2D eigenvalue weighted by molar-refractivity contribution is 5.91. The molecule has 0 heterocycles. The fourth-order valence-electron chi connectivity index (χ4n) is 2.77. The zero-order valence-corrected chi connectivity index (χ0v) is 11.8. The second-order valence-corrected chi connectivity index (χ2v) is 5.22. The van der Waals surface area contributed by atoms with E-state index in [9.17, 15) is 9.90 Å². The van der Waals surface area contributed by atoms with E-state index in [2.05, 4.69) is 24.3 Å². The molecule has 21 heavy (non-hydrogen) atoms. The molecule has 1 N–H and O–H groups in total. The maximum Gasteiger partial charge on any atom is 0.335 e. The van der Waals surface area contributed by atoms with E-state index in [4.69, 9.17) is 0 Å². The summed E-state index contributed by atoms with van der Waals surface area (Å²) in [5, 5.41) is 11.7. The van der Waals surface area contributed by atoms with Gasteiger partial charge in [-0.3, -0.25) is 0 Å². The molecule has 0 aliphatic heterocycles. The number of aryl methyl sites for hydroxylation is 1. The number of carboxylic acids is 1. The van der Waals surface area contributed by atoms with Crippen LogP contribution < -0.4 is 0 Å². The van der Waals surface area contributed by atoms with Gasteiger partial charge in [0.2, 0.25) is 0 Å². The summed E-state index contributed by atoms with van der Waals surface area (Å²) in [6.07, 6.45) is 0.635. The third-order valence-electron chi connectivity index (χ3n) is 3.89. The van der Waals surface area contributed by atoms with Crippen molar-refractivity contribution in [3.8, 4) is 0 Å². The molecular formula is C19H16O2. The molecule has 3 aromatic carbocycles. The summed E-state index contributed by atoms with van der Waals surface area (Å²) >= 11 is 0. The molecule has 3 rings (SSSR count). The zero-order chi connectivity index (χ0) is 14.8. The molecule has 0 spiro atoms. The summed E-state index contributed by atoms with van der Waals surface area (Å²) in [5.41, 5.74) is 3.46. The molecule has 0 aliphatic carbocycles. The zero-order valence-electron chi connectivity index (χ0n) is 11.8. The summed E-state index contributed by atoms with van der Waals surface area (Å²) in [5.74, 6) is -0.867. The number of aromatic carboxylic acids is 1. The molecule has 2 heteroatoms. The number of carbonyl (C=O) groups is 1. The van der Waals surface area contributed by atoms with Crippen LogP contribution in [0, 0.1) is 6.92 Å². The van der Waals surface area contributed by atoms with Gasteiger partial charge in [0.05, 0.1) is 5.56 Å². The Hall–Kier alpha value is -2.61. The molecule has 2 nitrogen and oxygen atoms in total. The van der Waals surface area contributed by atoms with Crippen LogP contribution in [0.3, 0.4) is 0 Å². The van der Waals surface area contributed by atoms with Gasteiger partial charge in [-0.05, 0) is 46.9 Å². The quantitative estimate of drug-likeness (QED) is 0.768. The van der Waals surface area contributed by atoms with Gasteiger partial charge in [0, 0.05) is 0 Å². The van der Waals surface area contributed by atoms with Crippen LogP contribution in [0.1, 0.15) is 27.0 Å². The maximum absolute atomic E-state index is 11.4. The molecule has 0 saturated carbocycles. The molecule has 0 aliphatic rings. The first-order chi connectivity index (χ1) is 10.2. The van der Waals surface area contributed by atoms with Gasteiger partial charge >= 0.3 is 5.97 Å². The average Bonchev–Trinajstić information content (AvgIpc) is 2.49. The topological polar surface area (TPSA) is 37.3 Å². The lowest BCUT2D eigenvalue weighted by atomic mass is 9.93. The van der Waals surface area contributed by atoms with Crippen LogP contribution >= 0.6 is 0 Å². The smallest absolute Gasteiger partial charge is 0.335 e. The minimum atomic E-state index is -0.867. The number of hydrogen-bond acceptors (Lipinski definition) is 1. The van der Waals surface area contributed by atoms with E-state index in [-0.39, 0.29) is 0 Å². The third kappa shape index (κ3) is 2.52. The van der Waals surface area contributed by atoms with E-state index >= 15 is 0 Å². The molecule has 0 amide bonds. The first-order valence-corrected chi connectivity index (χ1v) is 6.95. The van der Waals surface area contributed by atoms with Crippen molar-refractivity contribution in [3.63, 3.8) is 0 Å². The van der Waals surface area contributed by atoms with Gasteiger partial charge in [-0.15, -0.1) is 0 Å². The lowest BCUT2D eigenvalue weighted by molar-refractivity contribution is 0.0695. The van der Waals surface area contributed by atoms with Crippen molar-refractivity contribution in [1.82, 2.24) is 0 Å². The van der Waals surface area contributed by atoms with E-state index in [1.54, 1.807) is 12.1 Å². The summed E-state index contributed by atoms with van der Waals surface area (Å²) in [7, 11) is 0. The predicted octanol–water partition coefficient (Wildman–Crippen LogP) is 4.44. The van der Waals surface area contributed by atoms with Gasteiger partial charge in [-0.25, -0.2) is 4.79 Å². The summed E-state index contributed by atoms with van der Waals surface area (Å²) in [6, 6.07) is 19.8. The Kier molecular flexibility index (Phi) is 3.44. The highest BCUT2D eigenvalue weighted by atomic mass is 16.4. The van der Waals surface area contributed by atoms with Crippen molar-refractivity contribution >= 4 is 16.7 Å². The molecule has 0 saturated heterocycles. The van der Waals surface area contributed by atoms with Gasteiger partial charge in [0.1, 0.15) is 0 Å². The van der Waals surface area contributed by atoms with Crippen LogP contribution in [0.25, 0.3) is 10.8 Å². The SMILES string of the molecule is Cc1cccc(C(=O)O)c1Cc1cccc2ccccc12. The molecule has 0 bridgehead atoms. The number of hydrogen-bond donors (Lipinski definition) is 1. The van der Waals surface area contributed by atoms with Gasteiger partial charge < -0.3 is 5.11 Å². The number of carboxylic acid groups (broad SMARTS) is 1. The first kappa shape index (κ1) is 13.4. The highest BCUT2D eigenvalue weighted by Crippen LogP contribution is 2.24. The lowest BCUT2D eigenvalue weighted by Gasteiger charge is -2.12. The van der Waals surface area contributed by atoms with Crippen LogP contribution in [0.2, 0.25) is 0 Å². The minimum absolute atomic E-state index is 0.392. The Labute approximate surface area is 123 Å². The van der Waals surface area contributed by atoms with Crippen LogP contribution in [0.4, 0.5) is 0 Å². The van der Waals surface area contributed by atoms with E-state index in [0.717, 1.165) is 16.7 Å². The third-order valence-corrected chi connectivity index (χ3v) is 3.89. The highest BCUT2D eigenvalue weighted by Gasteiger charge is 2.13. The molecule has 0 fully saturated rings. The Morgan fingerprint density at radius 3 is 2.48 bits per heavy atom. The van der Waals surface area contributed by atoms with Crippen LogP contribution in [-0.2, 0) is 6.42 Å². The Morgan fingerprint density at radius 1 is 0.952 bits per heavy atom. The van der Waals surface area contributed by atoms with E-state index in [1.807, 2.05) is 31.2 Å². The largest absolute Gasteiger partial charge is 0.478 e. The number of fused-ring (bicyclic) bond motifs is 1. The van der Waals surface area contributed by atoms with Gasteiger partial charge in [0.15, 0.2) is 0 Å². The van der Waals surface area contributed by atoms with Gasteiger partial charge in [-0.1, -0.05) is 54.6 Å². The maximum atomic E-state index is 11.4. The lowest BCUT2D eigenvalue weighted by Crippen LogP contribution is -2.05. The number of rotatable bonds is 3. The molecule has 0 aromatic heterocycles. The minimum Gasteiger partial charge on any atom is -0.478 e. The van der Waals surface area contributed by atoms with E-state index in [1.165, 1.54) is 10.8 Å². The van der Waals surface area contributed by atoms with Crippen molar-refractivity contribution in [2.45, 2.75) is 13.3 Å². The molecule has 0 radical (unpaired) electrons. The summed E-state index contributed by atoms with van der Waals surface area (Å²) < 4.78 is 0. The molecule has 0 unspecified atom stereocenters. The van der Waals surface area contributed by atoms with Crippen molar-refractivity contribution in [3.05, 3.63) is 82.9 Å². The number of benzene rings is 3. The van der Waals surface area contributed by atoms with E-state index < -0.39 is 5.97 Å². The van der Waals surface area contributed by atoms with Gasteiger partial charge in [0.25, 0.3) is 0 Å². The van der Waals surface area contributed by atoms with Crippen molar-refractivity contribution in [1.29, 1.82) is 0 Å². The molecule has 104 valence electrons. The fraction of sp³-hybridized carbons (Fsp3) is 0.105. The molecular weight excluding hydrogens is 260 g/mol. The van der Waals surface area contributed by atoms with Crippen molar-refractivity contribution in [2.75, 3.05) is 0 Å². The second kappa shape index (κ2) is 5.41. The predicted molar refractivity (Wildman–Crippen MR) is 84.9 cm³/mol. The van der Waals surface area contributed by atoms with Crippen LogP contribution in [-0.4, -0.2) is 11.1 Å². The Morgan fingerprint density at radius 2 is 1.67 bits per heavy atom. The Balaban J connectivity index is 2.13. The average molecular weight is 276 g/mol. The van der Waals surface area contributed by atoms with Crippen molar-refractivity contribution in [2.24, 2.45) is 0 Å². The molecule has 0 atom stereocenters. The normalized spacial score (nSPS) is 10.7. The van der Waals surface area contributed by atoms with Gasteiger partial charge in [-0.2, -0.15) is 0 Å². The second-order valence-electron chi connectivity index (χ2n) is 5.22. The summed E-state index contributed by atoms with van der Waals surface area (Å²) in [4.78, 5) is 11.4. The molecule has 3 aromatic rings. The van der Waals surface area contributed by atoms with Crippen LogP contribution in [0.15, 0.2) is 60.7 Å². The standard InChI is InChI=1S/C19H16O2/c1-13-6-4-11-17(19(20)21)18(13)12-15-9-5-8-14-7-2-3-10-16(14)15/h2-11H,12H2,1H3,(H,20,21). The van der Waals surface area contributed by atoms with Crippen molar-refractivity contribution < 1.29 is 9.90 Å². The van der Waals surface area contributed by atoms with E-state index in [0.29, 0.717) is 12.0 Å². The summed E-state index contributed by atoms with van der Waals surface area (Å²) in [6.45, 7) is 1.97.